The molecule has 5 nitrogen and oxygen atoms in total. The molecule has 26 heavy (non-hydrogen) atoms. The molecule has 0 atom stereocenters. The Balaban J connectivity index is 1.65. The second-order valence-corrected chi connectivity index (χ2v) is 7.31. The first-order valence-corrected chi connectivity index (χ1v) is 9.25. The molecule has 2 aromatic heterocycles. The highest BCUT2D eigenvalue weighted by atomic mass is 32.1. The first-order chi connectivity index (χ1) is 12.5. The maximum Gasteiger partial charge on any atom is 0.267 e. The fraction of sp³-hybridized carbons (Fsp3) is 0.250. The number of carbonyl (C=O) groups is 1. The van der Waals surface area contributed by atoms with E-state index >= 15 is 0 Å². The summed E-state index contributed by atoms with van der Waals surface area (Å²) in [5.74, 6) is 0.993. The van der Waals surface area contributed by atoms with Gasteiger partial charge in [-0.2, -0.15) is 0 Å². The van der Waals surface area contributed by atoms with E-state index in [0.717, 1.165) is 10.7 Å². The fourth-order valence-corrected chi connectivity index (χ4v) is 3.31. The lowest BCUT2D eigenvalue weighted by Crippen LogP contribution is -2.11. The number of nitrogens with zero attached hydrogens (tertiary/aromatic N) is 2. The molecule has 0 unspecified atom stereocenters. The lowest BCUT2D eigenvalue weighted by atomic mass is 10.0. The van der Waals surface area contributed by atoms with Crippen LogP contribution in [0.25, 0.3) is 0 Å². The zero-order valence-electron chi connectivity index (χ0n) is 15.0. The Kier molecular flexibility index (Phi) is 5.63. The Bertz CT molecular complexity index is 874. The van der Waals surface area contributed by atoms with E-state index in [1.807, 2.05) is 43.3 Å². The van der Waals surface area contributed by atoms with E-state index in [4.69, 9.17) is 4.74 Å². The standard InChI is InChI=1S/C20H21N3O2S/c1-13(2)15-6-8-16(9-7-15)23-20(24)19-14(3)22-18(26-19)12-25-17-5-4-10-21-11-17/h4-11,13H,12H2,1-3H3,(H,23,24). The van der Waals surface area contributed by atoms with Crippen LogP contribution in [0, 0.1) is 6.92 Å². The number of nitrogens with one attached hydrogen (secondary N) is 1. The van der Waals surface area contributed by atoms with Crippen molar-refractivity contribution in [3.05, 3.63) is 69.9 Å². The van der Waals surface area contributed by atoms with Gasteiger partial charge >= 0.3 is 0 Å². The number of aromatic nitrogens is 2. The van der Waals surface area contributed by atoms with Crippen LogP contribution in [0.3, 0.4) is 0 Å². The minimum atomic E-state index is -0.148. The summed E-state index contributed by atoms with van der Waals surface area (Å²) in [6.45, 7) is 6.43. The highest BCUT2D eigenvalue weighted by molar-refractivity contribution is 7.13. The van der Waals surface area contributed by atoms with Crippen LogP contribution in [-0.2, 0) is 6.61 Å². The van der Waals surface area contributed by atoms with Gasteiger partial charge in [0.15, 0.2) is 0 Å². The van der Waals surface area contributed by atoms with Gasteiger partial charge in [0.05, 0.1) is 11.9 Å². The number of aryl methyl sites for hydroxylation is 1. The third-order valence-electron chi connectivity index (χ3n) is 3.88. The molecular weight excluding hydrogens is 346 g/mol. The third-order valence-corrected chi connectivity index (χ3v) is 5.01. The van der Waals surface area contributed by atoms with Crippen LogP contribution in [-0.4, -0.2) is 15.9 Å². The Morgan fingerprint density at radius 1 is 1.23 bits per heavy atom. The molecule has 3 aromatic rings. The smallest absolute Gasteiger partial charge is 0.267 e. The van der Waals surface area contributed by atoms with Gasteiger partial charge in [-0.15, -0.1) is 11.3 Å². The molecular formula is C20H21N3O2S. The summed E-state index contributed by atoms with van der Waals surface area (Å²) in [4.78, 5) is 21.6. The Morgan fingerprint density at radius 2 is 2.00 bits per heavy atom. The predicted octanol–water partition coefficient (Wildman–Crippen LogP) is 4.80. The molecule has 2 heterocycles. The number of anilines is 1. The summed E-state index contributed by atoms with van der Waals surface area (Å²) < 4.78 is 5.65. The van der Waals surface area contributed by atoms with Gasteiger partial charge < -0.3 is 10.1 Å². The molecule has 0 saturated carbocycles. The van der Waals surface area contributed by atoms with Gasteiger partial charge in [0.2, 0.25) is 0 Å². The summed E-state index contributed by atoms with van der Waals surface area (Å²) >= 11 is 1.35. The first-order valence-electron chi connectivity index (χ1n) is 8.43. The maximum absolute atomic E-state index is 12.5. The van der Waals surface area contributed by atoms with Crippen molar-refractivity contribution in [1.82, 2.24) is 9.97 Å². The van der Waals surface area contributed by atoms with E-state index in [1.165, 1.54) is 16.9 Å². The van der Waals surface area contributed by atoms with Crippen LogP contribution in [0.4, 0.5) is 5.69 Å². The molecule has 3 rings (SSSR count). The van der Waals surface area contributed by atoms with E-state index < -0.39 is 0 Å². The number of rotatable bonds is 6. The van der Waals surface area contributed by atoms with E-state index in [1.54, 1.807) is 12.4 Å². The summed E-state index contributed by atoms with van der Waals surface area (Å²) in [6, 6.07) is 11.6. The van der Waals surface area contributed by atoms with E-state index in [9.17, 15) is 4.79 Å². The number of hydrogen-bond acceptors (Lipinski definition) is 5. The van der Waals surface area contributed by atoms with Gasteiger partial charge in [0, 0.05) is 11.9 Å². The molecule has 0 spiro atoms. The van der Waals surface area contributed by atoms with Gasteiger partial charge in [-0.3, -0.25) is 9.78 Å². The number of pyridine rings is 1. The molecule has 0 aliphatic heterocycles. The van der Waals surface area contributed by atoms with E-state index in [0.29, 0.717) is 28.8 Å². The molecule has 0 fully saturated rings. The summed E-state index contributed by atoms with van der Waals surface area (Å²) in [5, 5.41) is 3.69. The zero-order valence-corrected chi connectivity index (χ0v) is 15.8. The molecule has 0 aliphatic carbocycles. The van der Waals surface area contributed by atoms with Crippen molar-refractivity contribution in [3.8, 4) is 5.75 Å². The number of hydrogen-bond donors (Lipinski definition) is 1. The molecule has 0 bridgehead atoms. The molecule has 134 valence electrons. The number of carbonyl (C=O) groups excluding carboxylic acids is 1. The quantitative estimate of drug-likeness (QED) is 0.679. The Labute approximate surface area is 157 Å². The number of amides is 1. The third kappa shape index (κ3) is 4.46. The summed E-state index contributed by atoms with van der Waals surface area (Å²) in [7, 11) is 0. The molecule has 1 N–H and O–H groups in total. The van der Waals surface area contributed by atoms with E-state index in [-0.39, 0.29) is 5.91 Å². The summed E-state index contributed by atoms with van der Waals surface area (Å²) in [6.07, 6.45) is 3.34. The Morgan fingerprint density at radius 3 is 2.65 bits per heavy atom. The largest absolute Gasteiger partial charge is 0.485 e. The monoisotopic (exact) mass is 367 g/mol. The predicted molar refractivity (Wildman–Crippen MR) is 104 cm³/mol. The first kappa shape index (κ1) is 18.1. The molecule has 1 aromatic carbocycles. The van der Waals surface area contributed by atoms with Crippen LogP contribution in [0.5, 0.6) is 5.75 Å². The normalized spacial score (nSPS) is 10.8. The highest BCUT2D eigenvalue weighted by Gasteiger charge is 2.16. The van der Waals surface area contributed by atoms with Crippen LogP contribution < -0.4 is 10.1 Å². The van der Waals surface area contributed by atoms with Crippen LogP contribution in [0.1, 0.15) is 45.7 Å². The molecule has 0 radical (unpaired) electrons. The van der Waals surface area contributed by atoms with Crippen molar-refractivity contribution in [2.75, 3.05) is 5.32 Å². The molecule has 6 heteroatoms. The van der Waals surface area contributed by atoms with Gasteiger partial charge in [-0.25, -0.2) is 4.98 Å². The lowest BCUT2D eigenvalue weighted by Gasteiger charge is -2.08. The average molecular weight is 367 g/mol. The molecule has 1 amide bonds. The lowest BCUT2D eigenvalue weighted by molar-refractivity contribution is 0.103. The molecule has 0 saturated heterocycles. The van der Waals surface area contributed by atoms with Crippen molar-refractivity contribution in [2.45, 2.75) is 33.3 Å². The fourth-order valence-electron chi connectivity index (χ4n) is 2.44. The average Bonchev–Trinajstić information content (AvgIpc) is 3.02. The molecule has 0 aliphatic rings. The van der Waals surface area contributed by atoms with Crippen LogP contribution >= 0.6 is 11.3 Å². The van der Waals surface area contributed by atoms with Crippen LogP contribution in [0.15, 0.2) is 48.8 Å². The SMILES string of the molecule is Cc1nc(COc2cccnc2)sc1C(=O)Nc1ccc(C(C)C)cc1. The highest BCUT2D eigenvalue weighted by Crippen LogP contribution is 2.22. The van der Waals surface area contributed by atoms with Gasteiger partial charge in [-0.1, -0.05) is 26.0 Å². The van der Waals surface area contributed by atoms with Crippen molar-refractivity contribution >= 4 is 22.9 Å². The van der Waals surface area contributed by atoms with Crippen molar-refractivity contribution in [2.24, 2.45) is 0 Å². The van der Waals surface area contributed by atoms with Crippen molar-refractivity contribution < 1.29 is 9.53 Å². The zero-order chi connectivity index (χ0) is 18.5. The van der Waals surface area contributed by atoms with Gasteiger partial charge in [0.25, 0.3) is 5.91 Å². The van der Waals surface area contributed by atoms with Crippen molar-refractivity contribution in [3.63, 3.8) is 0 Å². The minimum absolute atomic E-state index is 0.148. The topological polar surface area (TPSA) is 64.1 Å². The van der Waals surface area contributed by atoms with Gasteiger partial charge in [-0.05, 0) is 42.7 Å². The van der Waals surface area contributed by atoms with E-state index in [2.05, 4.69) is 29.1 Å². The maximum atomic E-state index is 12.5. The van der Waals surface area contributed by atoms with Crippen molar-refractivity contribution in [1.29, 1.82) is 0 Å². The van der Waals surface area contributed by atoms with Gasteiger partial charge in [0.1, 0.15) is 22.2 Å². The summed E-state index contributed by atoms with van der Waals surface area (Å²) in [5.41, 5.74) is 2.73. The number of ether oxygens (including phenoxy) is 1. The second-order valence-electron chi connectivity index (χ2n) is 6.23. The minimum Gasteiger partial charge on any atom is -0.485 e. The number of benzene rings is 1. The Hall–Kier alpha value is -2.73. The second kappa shape index (κ2) is 8.10. The van der Waals surface area contributed by atoms with Crippen LogP contribution in [0.2, 0.25) is 0 Å². The number of thiazole rings is 1.